The quantitative estimate of drug-likeness (QED) is 0.849. The summed E-state index contributed by atoms with van der Waals surface area (Å²) in [5, 5.41) is 9.09. The van der Waals surface area contributed by atoms with Gasteiger partial charge in [-0.25, -0.2) is 9.78 Å². The normalized spacial score (nSPS) is 14.7. The molecule has 4 nitrogen and oxygen atoms in total. The van der Waals surface area contributed by atoms with Crippen LogP contribution in [0.4, 0.5) is 5.82 Å². The third-order valence-corrected chi connectivity index (χ3v) is 3.07. The Morgan fingerprint density at radius 2 is 2.24 bits per heavy atom. The highest BCUT2D eigenvalue weighted by molar-refractivity contribution is 5.88. The average Bonchev–Trinajstić information content (AvgIpc) is 3.12. The predicted molar refractivity (Wildman–Crippen MR) is 66.6 cm³/mol. The highest BCUT2D eigenvalue weighted by Crippen LogP contribution is 2.29. The Balaban J connectivity index is 2.32. The first kappa shape index (κ1) is 11.9. The number of aromatic nitrogens is 1. The molecular weight excluding hydrogens is 216 g/mol. The third kappa shape index (κ3) is 2.75. The van der Waals surface area contributed by atoms with Crippen molar-refractivity contribution in [1.82, 2.24) is 4.98 Å². The Morgan fingerprint density at radius 1 is 1.53 bits per heavy atom. The molecule has 0 unspecified atom stereocenters. The van der Waals surface area contributed by atoms with E-state index in [0.717, 1.165) is 24.4 Å². The Labute approximate surface area is 101 Å². The molecule has 1 N–H and O–H groups in total. The van der Waals surface area contributed by atoms with Gasteiger partial charge in [0.1, 0.15) is 5.82 Å². The van der Waals surface area contributed by atoms with E-state index in [0.29, 0.717) is 11.6 Å². The molecular formula is C13H18N2O2. The van der Waals surface area contributed by atoms with Crippen LogP contribution in [0.1, 0.15) is 42.2 Å². The standard InChI is InChI=1S/C13H18N2O2/c1-3-4-10-7-9(13(16)17)8-12(14-10)15(2)11-5-6-11/h7-8,11H,3-6H2,1-2H3,(H,16,17). The van der Waals surface area contributed by atoms with E-state index in [-0.39, 0.29) is 0 Å². The van der Waals surface area contributed by atoms with Crippen LogP contribution in [0.5, 0.6) is 0 Å². The van der Waals surface area contributed by atoms with Gasteiger partial charge in [-0.15, -0.1) is 0 Å². The van der Waals surface area contributed by atoms with Crippen LogP contribution in [0.3, 0.4) is 0 Å². The topological polar surface area (TPSA) is 53.4 Å². The number of hydrogen-bond donors (Lipinski definition) is 1. The van der Waals surface area contributed by atoms with Crippen molar-refractivity contribution in [3.05, 3.63) is 23.4 Å². The molecule has 0 atom stereocenters. The zero-order valence-corrected chi connectivity index (χ0v) is 10.3. The first-order chi connectivity index (χ1) is 8.11. The van der Waals surface area contributed by atoms with E-state index in [1.165, 1.54) is 12.8 Å². The summed E-state index contributed by atoms with van der Waals surface area (Å²) in [6.07, 6.45) is 4.16. The van der Waals surface area contributed by atoms with Crippen molar-refractivity contribution in [1.29, 1.82) is 0 Å². The van der Waals surface area contributed by atoms with Crippen LogP contribution in [0.2, 0.25) is 0 Å². The molecule has 1 fully saturated rings. The summed E-state index contributed by atoms with van der Waals surface area (Å²) in [5.41, 5.74) is 1.21. The number of pyridine rings is 1. The largest absolute Gasteiger partial charge is 0.478 e. The van der Waals surface area contributed by atoms with Crippen molar-refractivity contribution < 1.29 is 9.90 Å². The maximum Gasteiger partial charge on any atom is 0.335 e. The predicted octanol–water partition coefficient (Wildman–Crippen LogP) is 2.33. The second kappa shape index (κ2) is 4.73. The van der Waals surface area contributed by atoms with Gasteiger partial charge in [0, 0.05) is 18.8 Å². The lowest BCUT2D eigenvalue weighted by Crippen LogP contribution is -2.21. The van der Waals surface area contributed by atoms with E-state index < -0.39 is 5.97 Å². The highest BCUT2D eigenvalue weighted by atomic mass is 16.4. The maximum absolute atomic E-state index is 11.1. The van der Waals surface area contributed by atoms with Gasteiger partial charge in [-0.1, -0.05) is 13.3 Å². The summed E-state index contributed by atoms with van der Waals surface area (Å²) >= 11 is 0. The molecule has 17 heavy (non-hydrogen) atoms. The smallest absolute Gasteiger partial charge is 0.335 e. The molecule has 1 aliphatic carbocycles. The van der Waals surface area contributed by atoms with Gasteiger partial charge >= 0.3 is 5.97 Å². The van der Waals surface area contributed by atoms with Gasteiger partial charge in [-0.2, -0.15) is 0 Å². The number of rotatable bonds is 5. The minimum atomic E-state index is -0.879. The number of aryl methyl sites for hydroxylation is 1. The molecule has 1 aliphatic rings. The molecule has 1 heterocycles. The van der Waals surface area contributed by atoms with Crippen LogP contribution in [-0.2, 0) is 6.42 Å². The molecule has 4 heteroatoms. The number of hydrogen-bond acceptors (Lipinski definition) is 3. The molecule has 0 bridgehead atoms. The monoisotopic (exact) mass is 234 g/mol. The van der Waals surface area contributed by atoms with E-state index in [2.05, 4.69) is 16.8 Å². The lowest BCUT2D eigenvalue weighted by atomic mass is 10.1. The molecule has 0 radical (unpaired) electrons. The third-order valence-electron chi connectivity index (χ3n) is 3.07. The number of aromatic carboxylic acids is 1. The summed E-state index contributed by atoms with van der Waals surface area (Å²) in [5.74, 6) is -0.0916. The summed E-state index contributed by atoms with van der Waals surface area (Å²) < 4.78 is 0. The fourth-order valence-electron chi connectivity index (χ4n) is 1.91. The summed E-state index contributed by atoms with van der Waals surface area (Å²) in [6.45, 7) is 2.07. The van der Waals surface area contributed by atoms with E-state index in [4.69, 9.17) is 5.11 Å². The van der Waals surface area contributed by atoms with Crippen molar-refractivity contribution in [3.63, 3.8) is 0 Å². The number of anilines is 1. The molecule has 0 spiro atoms. The molecule has 0 saturated heterocycles. The van der Waals surface area contributed by atoms with Crippen molar-refractivity contribution in [2.24, 2.45) is 0 Å². The van der Waals surface area contributed by atoms with Crippen LogP contribution in [-0.4, -0.2) is 29.1 Å². The van der Waals surface area contributed by atoms with Crippen LogP contribution in [0.25, 0.3) is 0 Å². The van der Waals surface area contributed by atoms with Crippen molar-refractivity contribution in [3.8, 4) is 0 Å². The zero-order chi connectivity index (χ0) is 12.4. The Bertz CT molecular complexity index is 427. The number of carboxylic acids is 1. The van der Waals surface area contributed by atoms with Crippen LogP contribution in [0, 0.1) is 0 Å². The van der Waals surface area contributed by atoms with E-state index in [9.17, 15) is 4.79 Å². The first-order valence-electron chi connectivity index (χ1n) is 6.09. The second-order valence-electron chi connectivity index (χ2n) is 4.60. The fourth-order valence-corrected chi connectivity index (χ4v) is 1.91. The highest BCUT2D eigenvalue weighted by Gasteiger charge is 2.27. The van der Waals surface area contributed by atoms with Gasteiger partial charge in [-0.05, 0) is 31.4 Å². The van der Waals surface area contributed by atoms with Crippen LogP contribution in [0.15, 0.2) is 12.1 Å². The molecule has 0 amide bonds. The van der Waals surface area contributed by atoms with Crippen molar-refractivity contribution in [2.45, 2.75) is 38.6 Å². The second-order valence-corrected chi connectivity index (χ2v) is 4.60. The van der Waals surface area contributed by atoms with Gasteiger partial charge in [-0.3, -0.25) is 0 Å². The van der Waals surface area contributed by atoms with Crippen LogP contribution < -0.4 is 4.90 Å². The molecule has 0 aliphatic heterocycles. The molecule has 92 valence electrons. The Morgan fingerprint density at radius 3 is 2.76 bits per heavy atom. The first-order valence-corrected chi connectivity index (χ1v) is 6.09. The summed E-state index contributed by atoms with van der Waals surface area (Å²) in [7, 11) is 1.99. The van der Waals surface area contributed by atoms with Crippen molar-refractivity contribution in [2.75, 3.05) is 11.9 Å². The van der Waals surface area contributed by atoms with Crippen LogP contribution >= 0.6 is 0 Å². The number of carbonyl (C=O) groups is 1. The zero-order valence-electron chi connectivity index (χ0n) is 10.3. The summed E-state index contributed by atoms with van der Waals surface area (Å²) in [4.78, 5) is 17.7. The van der Waals surface area contributed by atoms with Gasteiger partial charge < -0.3 is 10.0 Å². The van der Waals surface area contributed by atoms with Gasteiger partial charge in [0.2, 0.25) is 0 Å². The molecule has 1 aromatic heterocycles. The molecule has 0 aromatic carbocycles. The van der Waals surface area contributed by atoms with E-state index >= 15 is 0 Å². The Kier molecular flexibility index (Phi) is 3.31. The molecule has 2 rings (SSSR count). The molecule has 1 saturated carbocycles. The number of nitrogens with zero attached hydrogens (tertiary/aromatic N) is 2. The maximum atomic E-state index is 11.1. The van der Waals surface area contributed by atoms with E-state index in [1.54, 1.807) is 12.1 Å². The lowest BCUT2D eigenvalue weighted by molar-refractivity contribution is 0.0696. The number of carboxylic acid groups (broad SMARTS) is 1. The van der Waals surface area contributed by atoms with Gasteiger partial charge in [0.15, 0.2) is 0 Å². The Hall–Kier alpha value is -1.58. The lowest BCUT2D eigenvalue weighted by Gasteiger charge is -2.18. The SMILES string of the molecule is CCCc1cc(C(=O)O)cc(N(C)C2CC2)n1. The van der Waals surface area contributed by atoms with Crippen molar-refractivity contribution >= 4 is 11.8 Å². The van der Waals surface area contributed by atoms with E-state index in [1.807, 2.05) is 7.05 Å². The average molecular weight is 234 g/mol. The summed E-state index contributed by atoms with van der Waals surface area (Å²) in [6, 6.07) is 3.89. The van der Waals surface area contributed by atoms with Gasteiger partial charge in [0.05, 0.1) is 5.56 Å². The molecule has 1 aromatic rings. The minimum Gasteiger partial charge on any atom is -0.478 e. The van der Waals surface area contributed by atoms with Gasteiger partial charge in [0.25, 0.3) is 0 Å². The minimum absolute atomic E-state index is 0.339. The fraction of sp³-hybridized carbons (Fsp3) is 0.538.